The van der Waals surface area contributed by atoms with Gasteiger partial charge in [-0.2, -0.15) is 13.2 Å². The first kappa shape index (κ1) is 17.0. The molecule has 1 N–H and O–H groups in total. The van der Waals surface area contributed by atoms with Crippen LogP contribution in [0.25, 0.3) is 0 Å². The number of carbonyl (C=O) groups excluding carboxylic acids is 2. The molecule has 0 radical (unpaired) electrons. The third-order valence-electron chi connectivity index (χ3n) is 5.04. The highest BCUT2D eigenvalue weighted by Gasteiger charge is 2.43. The van der Waals surface area contributed by atoms with Crippen molar-refractivity contribution in [3.8, 4) is 0 Å². The molecule has 1 amide bonds. The Morgan fingerprint density at radius 1 is 1.12 bits per heavy atom. The molecule has 3 nitrogen and oxygen atoms in total. The molecular weight excluding hydrogens is 319 g/mol. The van der Waals surface area contributed by atoms with E-state index in [1.807, 2.05) is 6.07 Å². The predicted molar refractivity (Wildman–Crippen MR) is 83.8 cm³/mol. The maximum atomic E-state index is 12.9. The molecule has 6 heteroatoms. The summed E-state index contributed by atoms with van der Waals surface area (Å²) >= 11 is 0. The number of ketones is 1. The number of nitrogens with one attached hydrogen (secondary N) is 1. The second-order valence-electron chi connectivity index (χ2n) is 6.74. The Morgan fingerprint density at radius 2 is 1.92 bits per heavy atom. The summed E-state index contributed by atoms with van der Waals surface area (Å²) in [6.45, 7) is 0. The van der Waals surface area contributed by atoms with Crippen molar-refractivity contribution < 1.29 is 22.8 Å². The van der Waals surface area contributed by atoms with Crippen LogP contribution in [0.4, 0.5) is 18.9 Å². The first-order valence-electron chi connectivity index (χ1n) is 8.38. The number of anilines is 1. The van der Waals surface area contributed by atoms with Crippen LogP contribution in [-0.2, 0) is 11.2 Å². The van der Waals surface area contributed by atoms with Crippen LogP contribution >= 0.6 is 0 Å². The molecule has 1 aromatic carbocycles. The average Bonchev–Trinajstić information content (AvgIpc) is 2.55. The number of rotatable bonds is 2. The Hall–Kier alpha value is -1.85. The van der Waals surface area contributed by atoms with Crippen LogP contribution in [0, 0.1) is 11.8 Å². The molecule has 2 aliphatic carbocycles. The molecule has 0 heterocycles. The highest BCUT2D eigenvalue weighted by molar-refractivity contribution is 6.00. The quantitative estimate of drug-likeness (QED) is 0.861. The van der Waals surface area contributed by atoms with Crippen LogP contribution in [-0.4, -0.2) is 17.9 Å². The molecule has 0 spiro atoms. The number of carbonyl (C=O) groups is 2. The Bertz CT molecular complexity index is 654. The van der Waals surface area contributed by atoms with Crippen LogP contribution in [0.15, 0.2) is 18.2 Å². The molecule has 2 atom stereocenters. The monoisotopic (exact) mass is 339 g/mol. The van der Waals surface area contributed by atoms with E-state index in [2.05, 4.69) is 5.32 Å². The van der Waals surface area contributed by atoms with Gasteiger partial charge in [0.05, 0.1) is 5.92 Å². The van der Waals surface area contributed by atoms with Gasteiger partial charge in [-0.1, -0.05) is 12.5 Å². The summed E-state index contributed by atoms with van der Waals surface area (Å²) in [5.41, 5.74) is 2.08. The lowest BCUT2D eigenvalue weighted by atomic mass is 9.80. The summed E-state index contributed by atoms with van der Waals surface area (Å²) in [5.74, 6) is -2.35. The first-order valence-corrected chi connectivity index (χ1v) is 8.38. The van der Waals surface area contributed by atoms with Gasteiger partial charge >= 0.3 is 6.18 Å². The molecule has 1 saturated carbocycles. The van der Waals surface area contributed by atoms with Crippen molar-refractivity contribution in [2.24, 2.45) is 11.8 Å². The van der Waals surface area contributed by atoms with Gasteiger partial charge in [0, 0.05) is 23.6 Å². The van der Waals surface area contributed by atoms with Gasteiger partial charge < -0.3 is 5.32 Å². The number of Topliss-reactive ketones (excluding diaryl/α,β-unsaturated/α-hetero) is 1. The molecule has 3 rings (SSSR count). The van der Waals surface area contributed by atoms with Crippen molar-refractivity contribution in [2.75, 3.05) is 5.32 Å². The molecule has 24 heavy (non-hydrogen) atoms. The third kappa shape index (κ3) is 3.62. The van der Waals surface area contributed by atoms with Gasteiger partial charge in [0.25, 0.3) is 0 Å². The molecule has 0 saturated heterocycles. The fourth-order valence-electron chi connectivity index (χ4n) is 3.68. The number of fused-ring (bicyclic) bond motifs is 1. The maximum Gasteiger partial charge on any atom is 0.391 e. The molecule has 0 bridgehead atoms. The Kier molecular flexibility index (Phi) is 4.65. The molecule has 130 valence electrons. The Morgan fingerprint density at radius 3 is 2.67 bits per heavy atom. The summed E-state index contributed by atoms with van der Waals surface area (Å²) in [5, 5.41) is 2.70. The molecule has 2 aliphatic rings. The summed E-state index contributed by atoms with van der Waals surface area (Å²) in [4.78, 5) is 24.3. The van der Waals surface area contributed by atoms with Crippen LogP contribution < -0.4 is 5.32 Å². The van der Waals surface area contributed by atoms with Crippen molar-refractivity contribution >= 4 is 17.4 Å². The summed E-state index contributed by atoms with van der Waals surface area (Å²) in [6, 6.07) is 5.19. The fraction of sp³-hybridized carbons (Fsp3) is 0.556. The number of benzene rings is 1. The smallest absolute Gasteiger partial charge is 0.326 e. The fourth-order valence-corrected chi connectivity index (χ4v) is 3.68. The van der Waals surface area contributed by atoms with Gasteiger partial charge in [-0.3, -0.25) is 9.59 Å². The number of halogens is 3. The van der Waals surface area contributed by atoms with Gasteiger partial charge in [-0.05, 0) is 49.8 Å². The van der Waals surface area contributed by atoms with E-state index in [4.69, 9.17) is 0 Å². The van der Waals surface area contributed by atoms with E-state index in [0.717, 1.165) is 18.4 Å². The highest BCUT2D eigenvalue weighted by atomic mass is 19.4. The van der Waals surface area contributed by atoms with E-state index in [9.17, 15) is 22.8 Å². The van der Waals surface area contributed by atoms with Gasteiger partial charge in [0.15, 0.2) is 5.78 Å². The van der Waals surface area contributed by atoms with Crippen LogP contribution in [0.5, 0.6) is 0 Å². The largest absolute Gasteiger partial charge is 0.391 e. The third-order valence-corrected chi connectivity index (χ3v) is 5.04. The zero-order chi connectivity index (χ0) is 17.3. The van der Waals surface area contributed by atoms with Gasteiger partial charge in [-0.15, -0.1) is 0 Å². The molecular formula is C18H20F3NO2. The van der Waals surface area contributed by atoms with E-state index in [0.29, 0.717) is 30.5 Å². The van der Waals surface area contributed by atoms with Gasteiger partial charge in [0.2, 0.25) is 5.91 Å². The van der Waals surface area contributed by atoms with E-state index < -0.39 is 18.0 Å². The minimum atomic E-state index is -4.24. The number of aryl methyl sites for hydroxylation is 1. The zero-order valence-electron chi connectivity index (χ0n) is 13.3. The standard InChI is InChI=1S/C18H20F3NO2/c19-18(20,21)13-5-1-4-12(9-13)17(24)22-14-8-7-11-3-2-6-16(23)15(11)10-14/h7-8,10,12-13H,1-6,9H2,(H,22,24)/t12-,13+/m0/s1. The van der Waals surface area contributed by atoms with Crippen LogP contribution in [0.2, 0.25) is 0 Å². The lowest BCUT2D eigenvalue weighted by Gasteiger charge is -2.29. The summed E-state index contributed by atoms with van der Waals surface area (Å²) < 4.78 is 38.6. The first-order chi connectivity index (χ1) is 11.3. The van der Waals surface area contributed by atoms with Crippen LogP contribution in [0.1, 0.15) is 54.4 Å². The van der Waals surface area contributed by atoms with Gasteiger partial charge in [0.1, 0.15) is 0 Å². The molecule has 0 aliphatic heterocycles. The van der Waals surface area contributed by atoms with Crippen molar-refractivity contribution in [3.05, 3.63) is 29.3 Å². The van der Waals surface area contributed by atoms with E-state index >= 15 is 0 Å². The van der Waals surface area contributed by atoms with Crippen molar-refractivity contribution in [1.82, 2.24) is 0 Å². The Balaban J connectivity index is 1.69. The maximum absolute atomic E-state index is 12.9. The summed E-state index contributed by atoms with van der Waals surface area (Å²) in [6.07, 6.45) is -1.24. The van der Waals surface area contributed by atoms with Crippen molar-refractivity contribution in [2.45, 2.75) is 51.1 Å². The van der Waals surface area contributed by atoms with E-state index in [1.165, 1.54) is 0 Å². The van der Waals surface area contributed by atoms with Gasteiger partial charge in [-0.25, -0.2) is 0 Å². The second-order valence-corrected chi connectivity index (χ2v) is 6.74. The number of amides is 1. The minimum Gasteiger partial charge on any atom is -0.326 e. The lowest BCUT2D eigenvalue weighted by molar-refractivity contribution is -0.185. The second kappa shape index (κ2) is 6.57. The number of hydrogen-bond acceptors (Lipinski definition) is 2. The van der Waals surface area contributed by atoms with E-state index in [-0.39, 0.29) is 24.5 Å². The highest BCUT2D eigenvalue weighted by Crippen LogP contribution is 2.40. The predicted octanol–water partition coefficient (Wildman–Crippen LogP) is 4.51. The Labute approximate surface area is 138 Å². The number of alkyl halides is 3. The van der Waals surface area contributed by atoms with Crippen molar-refractivity contribution in [1.29, 1.82) is 0 Å². The molecule has 1 fully saturated rings. The normalized spacial score (nSPS) is 24.4. The summed E-state index contributed by atoms with van der Waals surface area (Å²) in [7, 11) is 0. The SMILES string of the molecule is O=C1CCCc2ccc(NC(=O)[C@H]3CCC[C@@H](C(F)(F)F)C3)cc21. The zero-order valence-corrected chi connectivity index (χ0v) is 13.3. The molecule has 1 aromatic rings. The lowest BCUT2D eigenvalue weighted by Crippen LogP contribution is -2.34. The van der Waals surface area contributed by atoms with Crippen LogP contribution in [0.3, 0.4) is 0 Å². The van der Waals surface area contributed by atoms with E-state index in [1.54, 1.807) is 12.1 Å². The number of hydrogen-bond donors (Lipinski definition) is 1. The molecule has 0 unspecified atom stereocenters. The molecule has 0 aromatic heterocycles. The van der Waals surface area contributed by atoms with Crippen molar-refractivity contribution in [3.63, 3.8) is 0 Å². The topological polar surface area (TPSA) is 46.2 Å². The minimum absolute atomic E-state index is 0.0575. The average molecular weight is 339 g/mol.